The molecular weight excluding hydrogens is 281 g/mol. The SMILES string of the molecule is CCC(C)[C@H](N)c1nc(Cc2ccc(F)cc2Cl)no1. The van der Waals surface area contributed by atoms with Crippen LogP contribution in [0.4, 0.5) is 4.39 Å². The van der Waals surface area contributed by atoms with Gasteiger partial charge in [-0.25, -0.2) is 4.39 Å². The van der Waals surface area contributed by atoms with Crippen LogP contribution in [0, 0.1) is 11.7 Å². The molecule has 0 spiro atoms. The van der Waals surface area contributed by atoms with Crippen LogP contribution in [0.2, 0.25) is 5.02 Å². The van der Waals surface area contributed by atoms with Gasteiger partial charge in [-0.2, -0.15) is 4.98 Å². The predicted molar refractivity (Wildman–Crippen MR) is 74.9 cm³/mol. The summed E-state index contributed by atoms with van der Waals surface area (Å²) in [5.74, 6) is 0.809. The van der Waals surface area contributed by atoms with E-state index >= 15 is 0 Å². The number of hydrogen-bond donors (Lipinski definition) is 1. The van der Waals surface area contributed by atoms with Crippen LogP contribution in [-0.4, -0.2) is 10.1 Å². The lowest BCUT2D eigenvalue weighted by atomic mass is 10.0. The quantitative estimate of drug-likeness (QED) is 0.917. The van der Waals surface area contributed by atoms with Gasteiger partial charge in [0.1, 0.15) is 5.82 Å². The van der Waals surface area contributed by atoms with E-state index in [1.807, 2.05) is 6.92 Å². The van der Waals surface area contributed by atoms with E-state index in [9.17, 15) is 4.39 Å². The Bertz CT molecular complexity index is 588. The van der Waals surface area contributed by atoms with Crippen molar-refractivity contribution < 1.29 is 8.91 Å². The number of nitrogens with two attached hydrogens (primary N) is 1. The molecule has 0 saturated carbocycles. The number of aromatic nitrogens is 2. The molecule has 1 aromatic carbocycles. The van der Waals surface area contributed by atoms with E-state index in [-0.39, 0.29) is 17.8 Å². The second-order valence-corrected chi connectivity index (χ2v) is 5.28. The largest absolute Gasteiger partial charge is 0.338 e. The molecular formula is C14H17ClFN3O. The van der Waals surface area contributed by atoms with Crippen LogP contribution in [0.5, 0.6) is 0 Å². The highest BCUT2D eigenvalue weighted by atomic mass is 35.5. The molecule has 4 nitrogen and oxygen atoms in total. The summed E-state index contributed by atoms with van der Waals surface area (Å²) >= 11 is 5.97. The van der Waals surface area contributed by atoms with Gasteiger partial charge in [0.25, 0.3) is 0 Å². The molecule has 0 radical (unpaired) electrons. The van der Waals surface area contributed by atoms with Crippen molar-refractivity contribution in [3.8, 4) is 0 Å². The van der Waals surface area contributed by atoms with E-state index in [0.717, 1.165) is 12.0 Å². The van der Waals surface area contributed by atoms with Crippen LogP contribution >= 0.6 is 11.6 Å². The standard InChI is InChI=1S/C14H17ClFN3O/c1-3-8(2)13(17)14-18-12(19-20-14)6-9-4-5-10(16)7-11(9)15/h4-5,7-8,13H,3,6,17H2,1-2H3/t8?,13-/m0/s1. The van der Waals surface area contributed by atoms with Crippen molar-refractivity contribution in [3.05, 3.63) is 46.3 Å². The number of hydrogen-bond acceptors (Lipinski definition) is 4. The molecule has 0 aliphatic heterocycles. The Morgan fingerprint density at radius 2 is 2.20 bits per heavy atom. The van der Waals surface area contributed by atoms with Crippen molar-refractivity contribution >= 4 is 11.6 Å². The van der Waals surface area contributed by atoms with Gasteiger partial charge >= 0.3 is 0 Å². The highest BCUT2D eigenvalue weighted by Gasteiger charge is 2.20. The number of benzene rings is 1. The summed E-state index contributed by atoms with van der Waals surface area (Å²) in [7, 11) is 0. The molecule has 0 amide bonds. The van der Waals surface area contributed by atoms with Crippen LogP contribution in [-0.2, 0) is 6.42 Å². The minimum absolute atomic E-state index is 0.262. The lowest BCUT2D eigenvalue weighted by Crippen LogP contribution is -2.18. The topological polar surface area (TPSA) is 64.9 Å². The molecule has 0 fully saturated rings. The fourth-order valence-electron chi connectivity index (χ4n) is 1.81. The Labute approximate surface area is 122 Å². The molecule has 2 aromatic rings. The molecule has 1 heterocycles. The lowest BCUT2D eigenvalue weighted by molar-refractivity contribution is 0.310. The van der Waals surface area contributed by atoms with E-state index < -0.39 is 0 Å². The predicted octanol–water partition coefficient (Wildman–Crippen LogP) is 3.50. The van der Waals surface area contributed by atoms with Crippen molar-refractivity contribution in [1.29, 1.82) is 0 Å². The zero-order valence-electron chi connectivity index (χ0n) is 11.4. The maximum atomic E-state index is 13.0. The monoisotopic (exact) mass is 297 g/mol. The summed E-state index contributed by atoms with van der Waals surface area (Å²) in [6.45, 7) is 4.09. The molecule has 0 aliphatic rings. The first-order chi connectivity index (χ1) is 9.51. The highest BCUT2D eigenvalue weighted by molar-refractivity contribution is 6.31. The first kappa shape index (κ1) is 14.9. The van der Waals surface area contributed by atoms with Crippen molar-refractivity contribution in [3.63, 3.8) is 0 Å². The normalized spacial score (nSPS) is 14.2. The second kappa shape index (κ2) is 6.33. The summed E-state index contributed by atoms with van der Waals surface area (Å²) < 4.78 is 18.2. The molecule has 6 heteroatoms. The third-order valence-corrected chi connectivity index (χ3v) is 3.74. The summed E-state index contributed by atoms with van der Waals surface area (Å²) in [6.07, 6.45) is 1.32. The number of halogens is 2. The van der Waals surface area contributed by atoms with Gasteiger partial charge < -0.3 is 10.3 Å². The Morgan fingerprint density at radius 1 is 1.45 bits per heavy atom. The Hall–Kier alpha value is -1.46. The second-order valence-electron chi connectivity index (χ2n) is 4.87. The fraction of sp³-hybridized carbons (Fsp3) is 0.429. The smallest absolute Gasteiger partial charge is 0.243 e. The van der Waals surface area contributed by atoms with Crippen molar-refractivity contribution in [2.45, 2.75) is 32.7 Å². The van der Waals surface area contributed by atoms with Crippen LogP contribution in [0.1, 0.15) is 43.6 Å². The van der Waals surface area contributed by atoms with E-state index in [1.54, 1.807) is 6.07 Å². The molecule has 0 saturated heterocycles. The third-order valence-electron chi connectivity index (χ3n) is 3.39. The van der Waals surface area contributed by atoms with Crippen molar-refractivity contribution in [2.75, 3.05) is 0 Å². The zero-order chi connectivity index (χ0) is 14.7. The van der Waals surface area contributed by atoms with Gasteiger partial charge in [0.2, 0.25) is 5.89 Å². The molecule has 20 heavy (non-hydrogen) atoms. The van der Waals surface area contributed by atoms with Crippen LogP contribution in [0.25, 0.3) is 0 Å². The van der Waals surface area contributed by atoms with Crippen molar-refractivity contribution in [1.82, 2.24) is 10.1 Å². The molecule has 2 atom stereocenters. The minimum atomic E-state index is -0.369. The van der Waals surface area contributed by atoms with Gasteiger partial charge in [-0.3, -0.25) is 0 Å². The molecule has 1 aromatic heterocycles. The molecule has 0 aliphatic carbocycles. The highest BCUT2D eigenvalue weighted by Crippen LogP contribution is 2.22. The Morgan fingerprint density at radius 3 is 2.85 bits per heavy atom. The lowest BCUT2D eigenvalue weighted by Gasteiger charge is -2.12. The average molecular weight is 298 g/mol. The van der Waals surface area contributed by atoms with Gasteiger partial charge in [0, 0.05) is 11.4 Å². The number of nitrogens with zero attached hydrogens (tertiary/aromatic N) is 2. The van der Waals surface area contributed by atoms with Gasteiger partial charge in [-0.05, 0) is 23.6 Å². The van der Waals surface area contributed by atoms with Gasteiger partial charge in [-0.15, -0.1) is 0 Å². The first-order valence-electron chi connectivity index (χ1n) is 6.53. The van der Waals surface area contributed by atoms with E-state index in [4.69, 9.17) is 21.9 Å². The van der Waals surface area contributed by atoms with E-state index in [2.05, 4.69) is 17.1 Å². The summed E-state index contributed by atoms with van der Waals surface area (Å²) in [5, 5.41) is 4.24. The zero-order valence-corrected chi connectivity index (χ0v) is 12.2. The molecule has 1 unspecified atom stereocenters. The molecule has 2 N–H and O–H groups in total. The van der Waals surface area contributed by atoms with E-state index in [1.165, 1.54) is 12.1 Å². The van der Waals surface area contributed by atoms with Crippen LogP contribution in [0.15, 0.2) is 22.7 Å². The molecule has 108 valence electrons. The van der Waals surface area contributed by atoms with Gasteiger partial charge in [-0.1, -0.05) is 43.1 Å². The minimum Gasteiger partial charge on any atom is -0.338 e. The Balaban J connectivity index is 2.13. The summed E-state index contributed by atoms with van der Waals surface area (Å²) in [4.78, 5) is 4.28. The fourth-order valence-corrected chi connectivity index (χ4v) is 2.04. The van der Waals surface area contributed by atoms with Crippen molar-refractivity contribution in [2.24, 2.45) is 11.7 Å². The molecule has 2 rings (SSSR count). The van der Waals surface area contributed by atoms with Crippen LogP contribution < -0.4 is 5.73 Å². The van der Waals surface area contributed by atoms with E-state index in [0.29, 0.717) is 23.2 Å². The summed E-state index contributed by atoms with van der Waals surface area (Å²) in [6, 6.07) is 3.96. The first-order valence-corrected chi connectivity index (χ1v) is 6.91. The maximum absolute atomic E-state index is 13.0. The average Bonchev–Trinajstić information content (AvgIpc) is 2.88. The Kier molecular flexibility index (Phi) is 4.73. The maximum Gasteiger partial charge on any atom is 0.243 e. The third kappa shape index (κ3) is 3.35. The number of rotatable bonds is 5. The summed E-state index contributed by atoms with van der Waals surface area (Å²) in [5.41, 5.74) is 6.78. The van der Waals surface area contributed by atoms with Gasteiger partial charge in [0.15, 0.2) is 5.82 Å². The van der Waals surface area contributed by atoms with Crippen LogP contribution in [0.3, 0.4) is 0 Å². The van der Waals surface area contributed by atoms with Gasteiger partial charge in [0.05, 0.1) is 6.04 Å². The molecule has 0 bridgehead atoms.